The van der Waals surface area contributed by atoms with Gasteiger partial charge in [0.25, 0.3) is 0 Å². The van der Waals surface area contributed by atoms with Gasteiger partial charge in [0, 0.05) is 22.7 Å². The lowest BCUT2D eigenvalue weighted by Gasteiger charge is -2.22. The van der Waals surface area contributed by atoms with E-state index in [1.807, 2.05) is 26.0 Å². The van der Waals surface area contributed by atoms with E-state index in [4.69, 9.17) is 16.0 Å². The Morgan fingerprint density at radius 2 is 1.85 bits per heavy atom. The van der Waals surface area contributed by atoms with Crippen LogP contribution in [0.3, 0.4) is 0 Å². The van der Waals surface area contributed by atoms with Gasteiger partial charge in [0.15, 0.2) is 0 Å². The number of hydrogen-bond donors (Lipinski definition) is 1. The first-order valence-corrected chi connectivity index (χ1v) is 7.47. The number of halogens is 1. The Morgan fingerprint density at radius 3 is 2.35 bits per heavy atom. The van der Waals surface area contributed by atoms with E-state index in [0.717, 1.165) is 23.0 Å². The highest BCUT2D eigenvalue weighted by molar-refractivity contribution is 6.30. The van der Waals surface area contributed by atoms with Gasteiger partial charge in [-0.25, -0.2) is 0 Å². The zero-order valence-corrected chi connectivity index (χ0v) is 13.3. The summed E-state index contributed by atoms with van der Waals surface area (Å²) in [7, 11) is 0. The van der Waals surface area contributed by atoms with E-state index in [1.54, 1.807) is 0 Å². The van der Waals surface area contributed by atoms with Crippen molar-refractivity contribution in [1.29, 1.82) is 0 Å². The Labute approximate surface area is 126 Å². The first-order valence-electron chi connectivity index (χ1n) is 7.09. The summed E-state index contributed by atoms with van der Waals surface area (Å²) in [6.07, 6.45) is 1.03. The third-order valence-electron chi connectivity index (χ3n) is 3.68. The van der Waals surface area contributed by atoms with E-state index in [9.17, 15) is 0 Å². The highest BCUT2D eigenvalue weighted by Gasteiger charge is 2.17. The molecule has 2 aromatic rings. The molecule has 0 spiro atoms. The molecule has 3 heteroatoms. The quantitative estimate of drug-likeness (QED) is 0.803. The minimum absolute atomic E-state index is 0.257. The molecule has 1 aromatic heterocycles. The molecule has 1 N–H and O–H groups in total. The predicted molar refractivity (Wildman–Crippen MR) is 84.2 cm³/mol. The Bertz CT molecular complexity index is 559. The summed E-state index contributed by atoms with van der Waals surface area (Å²) >= 11 is 5.95. The number of aryl methyl sites for hydroxylation is 2. The van der Waals surface area contributed by atoms with Crippen LogP contribution in [0, 0.1) is 13.8 Å². The molecule has 2 rings (SSSR count). The zero-order chi connectivity index (χ0) is 14.7. The standard InChI is InChI=1S/C17H22ClNO/c1-5-17(14-6-8-15(18)9-7-14)19-12(3)16-10-11(2)20-13(16)4/h6-10,12,17,19H,5H2,1-4H3. The van der Waals surface area contributed by atoms with Crippen molar-refractivity contribution in [2.45, 2.75) is 46.2 Å². The molecule has 0 fully saturated rings. The molecule has 2 nitrogen and oxygen atoms in total. The van der Waals surface area contributed by atoms with Gasteiger partial charge in [-0.1, -0.05) is 30.7 Å². The molecule has 0 saturated heterocycles. The van der Waals surface area contributed by atoms with Gasteiger partial charge in [0.2, 0.25) is 0 Å². The van der Waals surface area contributed by atoms with Crippen molar-refractivity contribution < 1.29 is 4.42 Å². The van der Waals surface area contributed by atoms with Crippen LogP contribution in [-0.4, -0.2) is 0 Å². The van der Waals surface area contributed by atoms with Crippen LogP contribution in [0.4, 0.5) is 0 Å². The average Bonchev–Trinajstić information content (AvgIpc) is 2.76. The lowest BCUT2D eigenvalue weighted by atomic mass is 10.0. The minimum Gasteiger partial charge on any atom is -0.466 e. The molecule has 0 bridgehead atoms. The van der Waals surface area contributed by atoms with Crippen LogP contribution in [-0.2, 0) is 0 Å². The topological polar surface area (TPSA) is 25.2 Å². The fourth-order valence-electron chi connectivity index (χ4n) is 2.62. The van der Waals surface area contributed by atoms with E-state index in [1.165, 1.54) is 11.1 Å². The van der Waals surface area contributed by atoms with Crippen LogP contribution < -0.4 is 5.32 Å². The van der Waals surface area contributed by atoms with Crippen LogP contribution in [0.5, 0.6) is 0 Å². The highest BCUT2D eigenvalue weighted by Crippen LogP contribution is 2.26. The third-order valence-corrected chi connectivity index (χ3v) is 3.93. The number of nitrogens with one attached hydrogen (secondary N) is 1. The monoisotopic (exact) mass is 291 g/mol. The third kappa shape index (κ3) is 3.44. The molecule has 108 valence electrons. The van der Waals surface area contributed by atoms with Crippen molar-refractivity contribution in [1.82, 2.24) is 5.32 Å². The Kier molecular flexibility index (Phi) is 4.90. The van der Waals surface area contributed by atoms with Crippen molar-refractivity contribution >= 4 is 11.6 Å². The fraction of sp³-hybridized carbons (Fsp3) is 0.412. The molecule has 20 heavy (non-hydrogen) atoms. The second-order valence-corrected chi connectivity index (χ2v) is 5.71. The largest absolute Gasteiger partial charge is 0.466 e. The summed E-state index contributed by atoms with van der Waals surface area (Å²) in [6, 6.07) is 10.7. The number of hydrogen-bond acceptors (Lipinski definition) is 2. The summed E-state index contributed by atoms with van der Waals surface area (Å²) in [5.41, 5.74) is 2.50. The number of rotatable bonds is 5. The molecule has 0 saturated carbocycles. The first-order chi connectivity index (χ1) is 9.51. The Balaban J connectivity index is 2.13. The van der Waals surface area contributed by atoms with Gasteiger partial charge in [-0.2, -0.15) is 0 Å². The van der Waals surface area contributed by atoms with Gasteiger partial charge in [-0.3, -0.25) is 0 Å². The smallest absolute Gasteiger partial charge is 0.105 e. The van der Waals surface area contributed by atoms with E-state index in [-0.39, 0.29) is 6.04 Å². The van der Waals surface area contributed by atoms with Crippen molar-refractivity contribution in [2.24, 2.45) is 0 Å². The zero-order valence-electron chi connectivity index (χ0n) is 12.5. The number of benzene rings is 1. The first kappa shape index (κ1) is 15.1. The normalized spacial score (nSPS) is 14.2. The predicted octanol–water partition coefficient (Wildman–Crippen LogP) is 5.35. The van der Waals surface area contributed by atoms with Gasteiger partial charge in [0.1, 0.15) is 11.5 Å². The Hall–Kier alpha value is -1.25. The molecule has 0 aliphatic heterocycles. The van der Waals surface area contributed by atoms with Gasteiger partial charge in [0.05, 0.1) is 0 Å². The average molecular weight is 292 g/mol. The summed E-state index contributed by atoms with van der Waals surface area (Å²) in [4.78, 5) is 0. The molecule has 2 atom stereocenters. The highest BCUT2D eigenvalue weighted by atomic mass is 35.5. The van der Waals surface area contributed by atoms with Gasteiger partial charge >= 0.3 is 0 Å². The molecule has 0 aliphatic rings. The Morgan fingerprint density at radius 1 is 1.20 bits per heavy atom. The molecule has 0 radical (unpaired) electrons. The van der Waals surface area contributed by atoms with Crippen LogP contribution in [0.25, 0.3) is 0 Å². The van der Waals surface area contributed by atoms with E-state index >= 15 is 0 Å². The lowest BCUT2D eigenvalue weighted by Crippen LogP contribution is -2.24. The van der Waals surface area contributed by atoms with Crippen LogP contribution >= 0.6 is 11.6 Å². The second-order valence-electron chi connectivity index (χ2n) is 5.27. The van der Waals surface area contributed by atoms with Gasteiger partial charge in [-0.15, -0.1) is 0 Å². The van der Waals surface area contributed by atoms with Gasteiger partial charge in [-0.05, 0) is 51.0 Å². The minimum atomic E-state index is 0.257. The van der Waals surface area contributed by atoms with Crippen molar-refractivity contribution in [2.75, 3.05) is 0 Å². The van der Waals surface area contributed by atoms with Crippen LogP contribution in [0.2, 0.25) is 5.02 Å². The van der Waals surface area contributed by atoms with Crippen molar-refractivity contribution in [3.8, 4) is 0 Å². The summed E-state index contributed by atoms with van der Waals surface area (Å²) in [6.45, 7) is 8.37. The van der Waals surface area contributed by atoms with Crippen LogP contribution in [0.15, 0.2) is 34.7 Å². The molecule has 1 aromatic carbocycles. The second kappa shape index (κ2) is 6.47. The van der Waals surface area contributed by atoms with Crippen molar-refractivity contribution in [3.05, 3.63) is 58.0 Å². The van der Waals surface area contributed by atoms with Crippen LogP contribution in [0.1, 0.15) is 55.0 Å². The maximum absolute atomic E-state index is 5.95. The van der Waals surface area contributed by atoms with E-state index in [0.29, 0.717) is 6.04 Å². The maximum atomic E-state index is 5.95. The molecular weight excluding hydrogens is 270 g/mol. The molecule has 1 heterocycles. The summed E-state index contributed by atoms with van der Waals surface area (Å²) < 4.78 is 5.61. The van der Waals surface area contributed by atoms with E-state index in [2.05, 4.69) is 37.4 Å². The SMILES string of the molecule is CCC(NC(C)c1cc(C)oc1C)c1ccc(Cl)cc1. The molecule has 2 unspecified atom stereocenters. The molecule has 0 aliphatic carbocycles. The maximum Gasteiger partial charge on any atom is 0.105 e. The summed E-state index contributed by atoms with van der Waals surface area (Å²) in [5, 5.41) is 4.45. The number of furan rings is 1. The summed E-state index contributed by atoms with van der Waals surface area (Å²) in [5.74, 6) is 1.96. The molecule has 0 amide bonds. The lowest BCUT2D eigenvalue weighted by molar-refractivity contribution is 0.444. The fourth-order valence-corrected chi connectivity index (χ4v) is 2.74. The van der Waals surface area contributed by atoms with E-state index < -0.39 is 0 Å². The molecular formula is C17H22ClNO. The van der Waals surface area contributed by atoms with Crippen molar-refractivity contribution in [3.63, 3.8) is 0 Å². The van der Waals surface area contributed by atoms with Gasteiger partial charge < -0.3 is 9.73 Å².